The van der Waals surface area contributed by atoms with Crippen molar-refractivity contribution in [2.75, 3.05) is 25.1 Å². The van der Waals surface area contributed by atoms with Crippen molar-refractivity contribution in [2.24, 2.45) is 0 Å². The van der Waals surface area contributed by atoms with Gasteiger partial charge < -0.3 is 23.5 Å². The molecule has 0 fully saturated rings. The van der Waals surface area contributed by atoms with Crippen LogP contribution in [0.5, 0.6) is 5.75 Å². The Kier molecular flexibility index (Phi) is 7.32. The summed E-state index contributed by atoms with van der Waals surface area (Å²) in [5.41, 5.74) is 2.99. The van der Waals surface area contributed by atoms with Crippen LogP contribution in [0, 0.1) is 0 Å². The molecule has 0 N–H and O–H groups in total. The second-order valence-electron chi connectivity index (χ2n) is 7.79. The molecule has 2 aromatic heterocycles. The predicted molar refractivity (Wildman–Crippen MR) is 131 cm³/mol. The molecule has 0 spiro atoms. The van der Waals surface area contributed by atoms with Gasteiger partial charge in [-0.2, -0.15) is 0 Å². The molecule has 4 rings (SSSR count). The number of anilines is 1. The lowest BCUT2D eigenvalue weighted by Crippen LogP contribution is -2.31. The Balaban J connectivity index is 1.79. The van der Waals surface area contributed by atoms with E-state index in [9.17, 15) is 4.79 Å². The summed E-state index contributed by atoms with van der Waals surface area (Å²) in [6, 6.07) is 20.8. The van der Waals surface area contributed by atoms with Crippen molar-refractivity contribution in [1.82, 2.24) is 10.1 Å². The number of amides is 1. The molecule has 7 nitrogen and oxygen atoms in total. The van der Waals surface area contributed by atoms with Gasteiger partial charge in [0.25, 0.3) is 5.91 Å². The maximum absolute atomic E-state index is 13.8. The monoisotopic (exact) mass is 459 g/mol. The lowest BCUT2D eigenvalue weighted by atomic mass is 10.1. The first kappa shape index (κ1) is 23.2. The van der Waals surface area contributed by atoms with Crippen molar-refractivity contribution in [2.45, 2.75) is 26.9 Å². The van der Waals surface area contributed by atoms with Crippen molar-refractivity contribution in [1.29, 1.82) is 0 Å². The van der Waals surface area contributed by atoms with E-state index in [2.05, 4.69) is 23.9 Å². The number of hydrogen-bond donors (Lipinski definition) is 0. The lowest BCUT2D eigenvalue weighted by molar-refractivity contribution is 0.0714. The second-order valence-corrected chi connectivity index (χ2v) is 7.79. The molecule has 0 bridgehead atoms. The Morgan fingerprint density at radius 2 is 1.68 bits per heavy atom. The number of nitrogens with zero attached hydrogens (tertiary/aromatic N) is 3. The number of carbonyl (C=O) groups excluding carboxylic acids is 1. The third-order valence-corrected chi connectivity index (χ3v) is 5.77. The first-order valence-corrected chi connectivity index (χ1v) is 11.4. The Bertz CT molecular complexity index is 1200. The number of furan rings is 1. The molecular formula is C27H29N3O4. The predicted octanol–water partition coefficient (Wildman–Crippen LogP) is 5.63. The highest BCUT2D eigenvalue weighted by molar-refractivity contribution is 5.97. The van der Waals surface area contributed by atoms with Crippen LogP contribution in [0.2, 0.25) is 0 Å². The van der Waals surface area contributed by atoms with E-state index in [1.807, 2.05) is 54.6 Å². The molecule has 0 aliphatic carbocycles. The molecule has 0 atom stereocenters. The quantitative estimate of drug-likeness (QED) is 0.306. The van der Waals surface area contributed by atoms with E-state index in [0.29, 0.717) is 29.5 Å². The van der Waals surface area contributed by atoms with Crippen molar-refractivity contribution in [3.63, 3.8) is 0 Å². The standard InChI is InChI=1S/C27H29N3O4/c1-4-29(5-2)27-23(25(28-34-27)20-12-7-6-8-13-20)19-30(18-21-14-11-17-33-21)26(31)22-15-9-10-16-24(22)32-3/h6-17H,4-5,18-19H2,1-3H3. The Hall–Kier alpha value is -4.00. The van der Waals surface area contributed by atoms with Crippen molar-refractivity contribution < 1.29 is 18.5 Å². The summed E-state index contributed by atoms with van der Waals surface area (Å²) in [7, 11) is 1.56. The SMILES string of the molecule is CCN(CC)c1onc(-c2ccccc2)c1CN(Cc1ccco1)C(=O)c1ccccc1OC. The number of hydrogen-bond acceptors (Lipinski definition) is 6. The van der Waals surface area contributed by atoms with Gasteiger partial charge in [-0.05, 0) is 38.1 Å². The topological polar surface area (TPSA) is 72.0 Å². The van der Waals surface area contributed by atoms with Crippen LogP contribution in [-0.4, -0.2) is 36.2 Å². The molecule has 4 aromatic rings. The number of para-hydroxylation sites is 1. The molecule has 0 saturated carbocycles. The summed E-state index contributed by atoms with van der Waals surface area (Å²) in [4.78, 5) is 17.6. The average molecular weight is 460 g/mol. The number of ether oxygens (including phenoxy) is 1. The summed E-state index contributed by atoms with van der Waals surface area (Å²) in [5, 5.41) is 4.42. The lowest BCUT2D eigenvalue weighted by Gasteiger charge is -2.25. The summed E-state index contributed by atoms with van der Waals surface area (Å²) >= 11 is 0. The Morgan fingerprint density at radius 1 is 0.941 bits per heavy atom. The van der Waals surface area contributed by atoms with Gasteiger partial charge in [-0.1, -0.05) is 47.6 Å². The summed E-state index contributed by atoms with van der Waals surface area (Å²) < 4.78 is 16.9. The molecule has 2 heterocycles. The van der Waals surface area contributed by atoms with Crippen LogP contribution in [0.25, 0.3) is 11.3 Å². The van der Waals surface area contributed by atoms with Crippen molar-refractivity contribution in [3.05, 3.63) is 89.9 Å². The van der Waals surface area contributed by atoms with Crippen LogP contribution in [0.15, 0.2) is 81.9 Å². The van der Waals surface area contributed by atoms with Gasteiger partial charge in [0.2, 0.25) is 5.88 Å². The van der Waals surface area contributed by atoms with Gasteiger partial charge in [0, 0.05) is 18.7 Å². The van der Waals surface area contributed by atoms with E-state index in [-0.39, 0.29) is 12.5 Å². The Labute approximate surface area is 199 Å². The molecule has 34 heavy (non-hydrogen) atoms. The number of aromatic nitrogens is 1. The zero-order chi connectivity index (χ0) is 23.9. The zero-order valence-corrected chi connectivity index (χ0v) is 19.7. The molecule has 176 valence electrons. The number of carbonyl (C=O) groups is 1. The largest absolute Gasteiger partial charge is 0.496 e. The second kappa shape index (κ2) is 10.7. The number of benzene rings is 2. The highest BCUT2D eigenvalue weighted by atomic mass is 16.5. The average Bonchev–Trinajstić information content (AvgIpc) is 3.55. The van der Waals surface area contributed by atoms with Gasteiger partial charge in [0.1, 0.15) is 17.2 Å². The fraction of sp³-hybridized carbons (Fsp3) is 0.259. The minimum absolute atomic E-state index is 0.167. The van der Waals surface area contributed by atoms with Gasteiger partial charge in [-0.25, -0.2) is 0 Å². The minimum Gasteiger partial charge on any atom is -0.496 e. The number of methoxy groups -OCH3 is 1. The molecule has 2 aromatic carbocycles. The van der Waals surface area contributed by atoms with E-state index in [1.165, 1.54) is 0 Å². The van der Waals surface area contributed by atoms with Crippen molar-refractivity contribution >= 4 is 11.8 Å². The third-order valence-electron chi connectivity index (χ3n) is 5.77. The highest BCUT2D eigenvalue weighted by Crippen LogP contribution is 2.33. The molecule has 0 aliphatic rings. The smallest absolute Gasteiger partial charge is 0.258 e. The van der Waals surface area contributed by atoms with E-state index in [4.69, 9.17) is 13.7 Å². The number of rotatable bonds is 10. The van der Waals surface area contributed by atoms with Gasteiger partial charge in [0.15, 0.2) is 0 Å². The summed E-state index contributed by atoms with van der Waals surface area (Å²) in [6.07, 6.45) is 1.61. The normalized spacial score (nSPS) is 10.8. The van der Waals surface area contributed by atoms with Gasteiger partial charge in [-0.15, -0.1) is 0 Å². The van der Waals surface area contributed by atoms with Crippen LogP contribution >= 0.6 is 0 Å². The van der Waals surface area contributed by atoms with Gasteiger partial charge >= 0.3 is 0 Å². The van der Waals surface area contributed by atoms with Crippen LogP contribution < -0.4 is 9.64 Å². The highest BCUT2D eigenvalue weighted by Gasteiger charge is 2.27. The molecular weight excluding hydrogens is 430 g/mol. The first-order valence-electron chi connectivity index (χ1n) is 11.4. The first-order chi connectivity index (χ1) is 16.7. The molecule has 7 heteroatoms. The van der Waals surface area contributed by atoms with Gasteiger partial charge in [-0.3, -0.25) is 4.79 Å². The molecule has 0 radical (unpaired) electrons. The summed E-state index contributed by atoms with van der Waals surface area (Å²) in [5.74, 6) is 1.71. The van der Waals surface area contributed by atoms with E-state index in [0.717, 1.165) is 29.9 Å². The van der Waals surface area contributed by atoms with E-state index >= 15 is 0 Å². The molecule has 0 aliphatic heterocycles. The molecule has 1 amide bonds. The van der Waals surface area contributed by atoms with Crippen molar-refractivity contribution in [3.8, 4) is 17.0 Å². The van der Waals surface area contributed by atoms with Crippen LogP contribution in [-0.2, 0) is 13.1 Å². The maximum atomic E-state index is 13.8. The molecule has 0 unspecified atom stereocenters. The van der Waals surface area contributed by atoms with E-state index < -0.39 is 0 Å². The zero-order valence-electron chi connectivity index (χ0n) is 19.7. The minimum atomic E-state index is -0.167. The van der Waals surface area contributed by atoms with Crippen LogP contribution in [0.3, 0.4) is 0 Å². The van der Waals surface area contributed by atoms with Crippen LogP contribution in [0.4, 0.5) is 5.88 Å². The van der Waals surface area contributed by atoms with Crippen LogP contribution in [0.1, 0.15) is 35.5 Å². The molecule has 0 saturated heterocycles. The fourth-order valence-corrected chi connectivity index (χ4v) is 4.00. The van der Waals surface area contributed by atoms with Gasteiger partial charge in [0.05, 0.1) is 37.6 Å². The Morgan fingerprint density at radius 3 is 2.35 bits per heavy atom. The fourth-order valence-electron chi connectivity index (χ4n) is 4.00. The van der Waals surface area contributed by atoms with E-state index in [1.54, 1.807) is 30.4 Å². The summed E-state index contributed by atoms with van der Waals surface area (Å²) in [6.45, 7) is 6.23. The third kappa shape index (κ3) is 4.83. The maximum Gasteiger partial charge on any atom is 0.258 e.